The van der Waals surface area contributed by atoms with Crippen LogP contribution in [0.3, 0.4) is 0 Å². The Morgan fingerprint density at radius 3 is 2.33 bits per heavy atom. The molecule has 0 radical (unpaired) electrons. The van der Waals surface area contributed by atoms with Gasteiger partial charge in [-0.1, -0.05) is 25.6 Å². The van der Waals surface area contributed by atoms with Gasteiger partial charge in [-0.2, -0.15) is 0 Å². The van der Waals surface area contributed by atoms with Crippen molar-refractivity contribution in [3.63, 3.8) is 0 Å². The van der Waals surface area contributed by atoms with Gasteiger partial charge in [0.05, 0.1) is 7.11 Å². The number of methoxy groups -OCH3 is 1. The molecule has 1 heterocycles. The Bertz CT molecular complexity index is 640. The maximum atomic E-state index is 11.6. The summed E-state index contributed by atoms with van der Waals surface area (Å²) in [6, 6.07) is 0. The SMILES string of the molecule is COC(=O)c1[nH]c(=O)[nH]c(=O)c1C#C[Si](C)(C)C. The van der Waals surface area contributed by atoms with E-state index in [0.29, 0.717) is 0 Å². The number of hydrogen-bond acceptors (Lipinski definition) is 4. The first kappa shape index (κ1) is 14.0. The van der Waals surface area contributed by atoms with Crippen molar-refractivity contribution in [2.75, 3.05) is 7.11 Å². The Hall–Kier alpha value is -2.07. The average molecular weight is 266 g/mol. The zero-order chi connectivity index (χ0) is 13.9. The zero-order valence-electron chi connectivity index (χ0n) is 10.6. The second kappa shape index (κ2) is 5.06. The van der Waals surface area contributed by atoms with Crippen LogP contribution in [0.5, 0.6) is 0 Å². The smallest absolute Gasteiger partial charge is 0.356 e. The fourth-order valence-corrected chi connectivity index (χ4v) is 1.61. The third-order valence-corrected chi connectivity index (χ3v) is 2.77. The summed E-state index contributed by atoms with van der Waals surface area (Å²) in [5.74, 6) is 1.87. The third kappa shape index (κ3) is 3.46. The predicted molar refractivity (Wildman–Crippen MR) is 69.2 cm³/mol. The molecule has 0 aliphatic carbocycles. The highest BCUT2D eigenvalue weighted by Crippen LogP contribution is 2.01. The first-order valence-electron chi connectivity index (χ1n) is 5.22. The van der Waals surface area contributed by atoms with E-state index in [0.717, 1.165) is 7.11 Å². The summed E-state index contributed by atoms with van der Waals surface area (Å²) in [5.41, 5.74) is 1.23. The van der Waals surface area contributed by atoms with Gasteiger partial charge in [0.1, 0.15) is 19.3 Å². The summed E-state index contributed by atoms with van der Waals surface area (Å²) in [4.78, 5) is 38.5. The molecule has 0 spiro atoms. The van der Waals surface area contributed by atoms with Crippen LogP contribution in [0.1, 0.15) is 16.1 Å². The number of aromatic nitrogens is 2. The molecule has 0 saturated carbocycles. The number of nitrogens with one attached hydrogen (secondary N) is 2. The minimum atomic E-state index is -1.70. The van der Waals surface area contributed by atoms with Gasteiger partial charge >= 0.3 is 11.7 Å². The zero-order valence-corrected chi connectivity index (χ0v) is 11.6. The fourth-order valence-electron chi connectivity index (χ4n) is 1.11. The standard InChI is InChI=1S/C11H14N2O4Si/c1-17-10(15)8-7(5-6-18(2,3)4)9(14)13-11(16)12-8/h1-4H3,(H2,12,13,14,16). The van der Waals surface area contributed by atoms with Crippen molar-refractivity contribution in [3.8, 4) is 11.5 Å². The van der Waals surface area contributed by atoms with Crippen molar-refractivity contribution in [1.82, 2.24) is 9.97 Å². The second-order valence-corrected chi connectivity index (χ2v) is 9.40. The molecule has 0 bridgehead atoms. The van der Waals surface area contributed by atoms with E-state index in [-0.39, 0.29) is 11.3 Å². The summed E-state index contributed by atoms with van der Waals surface area (Å²) in [7, 11) is -0.538. The molecule has 0 unspecified atom stereocenters. The number of esters is 1. The van der Waals surface area contributed by atoms with Crippen molar-refractivity contribution in [2.45, 2.75) is 19.6 Å². The van der Waals surface area contributed by atoms with E-state index in [1.807, 2.05) is 24.6 Å². The van der Waals surface area contributed by atoms with Gasteiger partial charge in [-0.25, -0.2) is 9.59 Å². The van der Waals surface area contributed by atoms with Crippen LogP contribution in [-0.2, 0) is 4.74 Å². The van der Waals surface area contributed by atoms with Gasteiger partial charge in [0, 0.05) is 0 Å². The fraction of sp³-hybridized carbons (Fsp3) is 0.364. The molecular formula is C11H14N2O4Si. The van der Waals surface area contributed by atoms with E-state index < -0.39 is 25.3 Å². The van der Waals surface area contributed by atoms with Crippen molar-refractivity contribution in [2.24, 2.45) is 0 Å². The number of hydrogen-bond donors (Lipinski definition) is 2. The first-order chi connectivity index (χ1) is 8.24. The number of ether oxygens (including phenoxy) is 1. The quantitative estimate of drug-likeness (QED) is 0.428. The maximum absolute atomic E-state index is 11.6. The van der Waals surface area contributed by atoms with Crippen LogP contribution in [0, 0.1) is 11.5 Å². The van der Waals surface area contributed by atoms with Crippen LogP contribution in [-0.4, -0.2) is 31.1 Å². The van der Waals surface area contributed by atoms with Gasteiger partial charge in [0.2, 0.25) is 0 Å². The Labute approximate surface area is 104 Å². The molecule has 18 heavy (non-hydrogen) atoms. The third-order valence-electron chi connectivity index (χ3n) is 1.89. The van der Waals surface area contributed by atoms with E-state index in [1.165, 1.54) is 0 Å². The normalized spacial score (nSPS) is 10.4. The topological polar surface area (TPSA) is 92.0 Å². The Morgan fingerprint density at radius 2 is 1.83 bits per heavy atom. The molecule has 0 atom stereocenters. The van der Waals surface area contributed by atoms with E-state index in [9.17, 15) is 14.4 Å². The molecule has 1 rings (SSSR count). The molecule has 0 aliphatic rings. The summed E-state index contributed by atoms with van der Waals surface area (Å²) >= 11 is 0. The first-order valence-corrected chi connectivity index (χ1v) is 8.72. The second-order valence-electron chi connectivity index (χ2n) is 4.65. The van der Waals surface area contributed by atoms with Crippen molar-refractivity contribution in [3.05, 3.63) is 32.1 Å². The largest absolute Gasteiger partial charge is 0.464 e. The monoisotopic (exact) mass is 266 g/mol. The highest BCUT2D eigenvalue weighted by atomic mass is 28.3. The average Bonchev–Trinajstić information content (AvgIpc) is 2.24. The number of carbonyl (C=O) groups excluding carboxylic acids is 1. The molecule has 2 N–H and O–H groups in total. The van der Waals surface area contributed by atoms with Crippen LogP contribution >= 0.6 is 0 Å². The molecule has 0 fully saturated rings. The van der Waals surface area contributed by atoms with Gasteiger partial charge < -0.3 is 9.72 Å². The molecule has 6 nitrogen and oxygen atoms in total. The van der Waals surface area contributed by atoms with Gasteiger partial charge in [-0.15, -0.1) is 5.54 Å². The maximum Gasteiger partial charge on any atom is 0.356 e. The van der Waals surface area contributed by atoms with E-state index in [1.54, 1.807) is 0 Å². The van der Waals surface area contributed by atoms with Crippen molar-refractivity contribution in [1.29, 1.82) is 0 Å². The van der Waals surface area contributed by atoms with Crippen LogP contribution < -0.4 is 11.2 Å². The van der Waals surface area contributed by atoms with Gasteiger partial charge in [0.25, 0.3) is 5.56 Å². The highest BCUT2D eigenvalue weighted by Gasteiger charge is 2.16. The van der Waals surface area contributed by atoms with Crippen molar-refractivity contribution < 1.29 is 9.53 Å². The minimum absolute atomic E-state index is 0.0659. The van der Waals surface area contributed by atoms with E-state index >= 15 is 0 Å². The molecule has 1 aromatic rings. The predicted octanol–water partition coefficient (Wildman–Crippen LogP) is 0.0787. The lowest BCUT2D eigenvalue weighted by atomic mass is 10.2. The number of H-pyrrole nitrogens is 2. The summed E-state index contributed by atoms with van der Waals surface area (Å²) in [6.07, 6.45) is 0. The molecule has 0 aromatic carbocycles. The number of carbonyl (C=O) groups is 1. The number of aromatic amines is 2. The van der Waals surface area contributed by atoms with Crippen LogP contribution in [0.4, 0.5) is 0 Å². The Balaban J connectivity index is 3.51. The summed E-state index contributed by atoms with van der Waals surface area (Å²) in [5, 5.41) is 0. The minimum Gasteiger partial charge on any atom is -0.464 e. The van der Waals surface area contributed by atoms with Crippen molar-refractivity contribution >= 4 is 14.0 Å². The molecule has 0 saturated heterocycles. The van der Waals surface area contributed by atoms with E-state index in [4.69, 9.17) is 0 Å². The summed E-state index contributed by atoms with van der Waals surface area (Å²) < 4.78 is 4.50. The molecule has 1 aromatic heterocycles. The lowest BCUT2D eigenvalue weighted by Crippen LogP contribution is -2.29. The van der Waals surface area contributed by atoms with Gasteiger partial charge in [0.15, 0.2) is 0 Å². The molecule has 0 aliphatic heterocycles. The Morgan fingerprint density at radius 1 is 1.22 bits per heavy atom. The summed E-state index contributed by atoms with van der Waals surface area (Å²) in [6.45, 7) is 5.99. The van der Waals surface area contributed by atoms with E-state index in [2.05, 4.69) is 21.2 Å². The van der Waals surface area contributed by atoms with Gasteiger partial charge in [-0.3, -0.25) is 9.78 Å². The molecule has 96 valence electrons. The molecular weight excluding hydrogens is 252 g/mol. The Kier molecular flexibility index (Phi) is 3.93. The molecule has 7 heteroatoms. The molecule has 0 amide bonds. The van der Waals surface area contributed by atoms with Crippen LogP contribution in [0.2, 0.25) is 19.6 Å². The lowest BCUT2D eigenvalue weighted by molar-refractivity contribution is 0.0593. The lowest BCUT2D eigenvalue weighted by Gasteiger charge is -2.04. The van der Waals surface area contributed by atoms with Gasteiger partial charge in [-0.05, 0) is 0 Å². The van der Waals surface area contributed by atoms with Crippen LogP contribution in [0.15, 0.2) is 9.59 Å². The van der Waals surface area contributed by atoms with Crippen LogP contribution in [0.25, 0.3) is 0 Å². The highest BCUT2D eigenvalue weighted by molar-refractivity contribution is 6.83. The number of rotatable bonds is 1.